The van der Waals surface area contributed by atoms with Gasteiger partial charge in [0, 0.05) is 6.21 Å². The lowest BCUT2D eigenvalue weighted by Crippen LogP contribution is -1.96. The van der Waals surface area contributed by atoms with Gasteiger partial charge in [-0.3, -0.25) is 0 Å². The number of hydrogen-bond acceptors (Lipinski definition) is 2. The standard InChI is InChI=1S/C6H11NO/c1-4-6(3)8-7-5-2/h4-6H,1H2,2-3H3. The normalized spacial score (nSPS) is 13.8. The quantitative estimate of drug-likeness (QED) is 0.309. The van der Waals surface area contributed by atoms with Crippen LogP contribution in [0.15, 0.2) is 17.8 Å². The first-order valence-corrected chi connectivity index (χ1v) is 2.57. The van der Waals surface area contributed by atoms with E-state index in [1.54, 1.807) is 19.2 Å². The maximum absolute atomic E-state index is 4.79. The SMILES string of the molecule is C=CC(C)ON=CC. The summed E-state index contributed by atoms with van der Waals surface area (Å²) in [6.45, 7) is 7.19. The fourth-order valence-electron chi connectivity index (χ4n) is 0.200. The summed E-state index contributed by atoms with van der Waals surface area (Å²) in [6, 6.07) is 0. The second kappa shape index (κ2) is 4.37. The van der Waals surface area contributed by atoms with E-state index in [2.05, 4.69) is 11.7 Å². The van der Waals surface area contributed by atoms with Gasteiger partial charge < -0.3 is 4.84 Å². The molecule has 46 valence electrons. The van der Waals surface area contributed by atoms with Crippen molar-refractivity contribution in [3.8, 4) is 0 Å². The van der Waals surface area contributed by atoms with Gasteiger partial charge in [-0.15, -0.1) is 0 Å². The van der Waals surface area contributed by atoms with Gasteiger partial charge in [0.1, 0.15) is 6.10 Å². The lowest BCUT2D eigenvalue weighted by Gasteiger charge is -1.99. The fraction of sp³-hybridized carbons (Fsp3) is 0.500. The minimum atomic E-state index is 0.0196. The van der Waals surface area contributed by atoms with Gasteiger partial charge in [0.05, 0.1) is 0 Å². The number of nitrogens with zero attached hydrogens (tertiary/aromatic N) is 1. The largest absolute Gasteiger partial charge is 0.389 e. The maximum atomic E-state index is 4.79. The summed E-state index contributed by atoms with van der Waals surface area (Å²) in [7, 11) is 0. The molecule has 0 aromatic rings. The van der Waals surface area contributed by atoms with Crippen molar-refractivity contribution in [2.45, 2.75) is 20.0 Å². The van der Waals surface area contributed by atoms with Crippen molar-refractivity contribution in [3.63, 3.8) is 0 Å². The van der Waals surface area contributed by atoms with Gasteiger partial charge in [0.2, 0.25) is 0 Å². The summed E-state index contributed by atoms with van der Waals surface area (Å²) in [5, 5.41) is 3.55. The van der Waals surface area contributed by atoms with E-state index in [0.29, 0.717) is 0 Å². The van der Waals surface area contributed by atoms with Crippen LogP contribution in [-0.2, 0) is 4.84 Å². The highest BCUT2D eigenvalue weighted by Crippen LogP contribution is 1.89. The molecule has 0 N–H and O–H groups in total. The Labute approximate surface area is 49.8 Å². The van der Waals surface area contributed by atoms with E-state index in [9.17, 15) is 0 Å². The Morgan fingerprint density at radius 2 is 2.38 bits per heavy atom. The minimum absolute atomic E-state index is 0.0196. The number of hydrogen-bond donors (Lipinski definition) is 0. The van der Waals surface area contributed by atoms with Crippen LogP contribution in [0.25, 0.3) is 0 Å². The summed E-state index contributed by atoms with van der Waals surface area (Å²) in [5.74, 6) is 0. The monoisotopic (exact) mass is 113 g/mol. The van der Waals surface area contributed by atoms with E-state index in [-0.39, 0.29) is 6.10 Å². The summed E-state index contributed by atoms with van der Waals surface area (Å²) in [4.78, 5) is 4.79. The van der Waals surface area contributed by atoms with Crippen LogP contribution in [-0.4, -0.2) is 12.3 Å². The number of oxime groups is 1. The molecule has 0 aliphatic carbocycles. The second-order valence-electron chi connectivity index (χ2n) is 1.41. The molecule has 0 aromatic heterocycles. The first kappa shape index (κ1) is 7.21. The highest BCUT2D eigenvalue weighted by atomic mass is 16.6. The summed E-state index contributed by atoms with van der Waals surface area (Å²) in [5.41, 5.74) is 0. The molecule has 8 heavy (non-hydrogen) atoms. The Hall–Kier alpha value is -0.790. The molecule has 0 saturated carbocycles. The lowest BCUT2D eigenvalue weighted by molar-refractivity contribution is 0.107. The van der Waals surface area contributed by atoms with E-state index >= 15 is 0 Å². The zero-order chi connectivity index (χ0) is 6.41. The summed E-state index contributed by atoms with van der Waals surface area (Å²) < 4.78 is 0. The molecule has 0 aromatic carbocycles. The molecule has 0 aliphatic heterocycles. The van der Waals surface area contributed by atoms with Crippen LogP contribution in [0, 0.1) is 0 Å². The molecular formula is C6H11NO. The molecule has 0 bridgehead atoms. The molecule has 0 saturated heterocycles. The van der Waals surface area contributed by atoms with Crippen LogP contribution in [0.4, 0.5) is 0 Å². The van der Waals surface area contributed by atoms with Gasteiger partial charge >= 0.3 is 0 Å². The zero-order valence-electron chi connectivity index (χ0n) is 5.29. The van der Waals surface area contributed by atoms with Gasteiger partial charge in [-0.25, -0.2) is 0 Å². The Kier molecular flexibility index (Phi) is 3.94. The van der Waals surface area contributed by atoms with Crippen LogP contribution in [0.3, 0.4) is 0 Å². The average molecular weight is 113 g/mol. The van der Waals surface area contributed by atoms with E-state index in [1.807, 2.05) is 6.92 Å². The van der Waals surface area contributed by atoms with Gasteiger partial charge in [-0.2, -0.15) is 0 Å². The summed E-state index contributed by atoms with van der Waals surface area (Å²) in [6.07, 6.45) is 3.30. The number of rotatable bonds is 3. The molecule has 0 rings (SSSR count). The van der Waals surface area contributed by atoms with E-state index < -0.39 is 0 Å². The van der Waals surface area contributed by atoms with Crippen molar-refractivity contribution in [2.24, 2.45) is 5.16 Å². The van der Waals surface area contributed by atoms with Crippen molar-refractivity contribution in [2.75, 3.05) is 0 Å². The topological polar surface area (TPSA) is 21.6 Å². The van der Waals surface area contributed by atoms with Crippen LogP contribution in [0.1, 0.15) is 13.8 Å². The van der Waals surface area contributed by atoms with E-state index in [1.165, 1.54) is 0 Å². The molecular weight excluding hydrogens is 102 g/mol. The lowest BCUT2D eigenvalue weighted by atomic mass is 10.4. The third-order valence-electron chi connectivity index (χ3n) is 0.664. The molecule has 1 atom stereocenters. The Morgan fingerprint density at radius 1 is 1.75 bits per heavy atom. The fourth-order valence-corrected chi connectivity index (χ4v) is 0.200. The van der Waals surface area contributed by atoms with Crippen LogP contribution in [0.2, 0.25) is 0 Å². The smallest absolute Gasteiger partial charge is 0.142 e. The van der Waals surface area contributed by atoms with Crippen LogP contribution < -0.4 is 0 Å². The van der Waals surface area contributed by atoms with Crippen LogP contribution >= 0.6 is 0 Å². The third kappa shape index (κ3) is 3.40. The predicted octanol–water partition coefficient (Wildman–Crippen LogP) is 1.58. The second-order valence-corrected chi connectivity index (χ2v) is 1.41. The highest BCUT2D eigenvalue weighted by molar-refractivity contribution is 5.52. The Bertz CT molecular complexity index is 88.5. The van der Waals surface area contributed by atoms with E-state index in [4.69, 9.17) is 4.84 Å². The molecule has 2 nitrogen and oxygen atoms in total. The Morgan fingerprint density at radius 3 is 2.75 bits per heavy atom. The molecule has 0 fully saturated rings. The van der Waals surface area contributed by atoms with Crippen molar-refractivity contribution in [1.29, 1.82) is 0 Å². The molecule has 0 heterocycles. The minimum Gasteiger partial charge on any atom is -0.389 e. The van der Waals surface area contributed by atoms with Crippen molar-refractivity contribution < 1.29 is 4.84 Å². The van der Waals surface area contributed by atoms with Crippen molar-refractivity contribution in [3.05, 3.63) is 12.7 Å². The molecule has 0 aliphatic rings. The Balaban J connectivity index is 3.23. The zero-order valence-corrected chi connectivity index (χ0v) is 5.29. The van der Waals surface area contributed by atoms with E-state index in [0.717, 1.165) is 0 Å². The summed E-state index contributed by atoms with van der Waals surface area (Å²) >= 11 is 0. The van der Waals surface area contributed by atoms with Crippen molar-refractivity contribution in [1.82, 2.24) is 0 Å². The van der Waals surface area contributed by atoms with Gasteiger partial charge in [0.15, 0.2) is 0 Å². The van der Waals surface area contributed by atoms with Crippen LogP contribution in [0.5, 0.6) is 0 Å². The first-order valence-electron chi connectivity index (χ1n) is 2.57. The van der Waals surface area contributed by atoms with Gasteiger partial charge in [-0.05, 0) is 19.9 Å². The predicted molar refractivity (Wildman–Crippen MR) is 34.9 cm³/mol. The first-order chi connectivity index (χ1) is 3.81. The third-order valence-corrected chi connectivity index (χ3v) is 0.664. The van der Waals surface area contributed by atoms with Gasteiger partial charge in [-0.1, -0.05) is 11.7 Å². The molecule has 0 amide bonds. The average Bonchev–Trinajstić information content (AvgIpc) is 1.83. The molecule has 0 radical (unpaired) electrons. The molecule has 1 unspecified atom stereocenters. The van der Waals surface area contributed by atoms with Gasteiger partial charge in [0.25, 0.3) is 0 Å². The molecule has 2 heteroatoms. The maximum Gasteiger partial charge on any atom is 0.142 e. The molecule has 0 spiro atoms. The van der Waals surface area contributed by atoms with Crippen molar-refractivity contribution >= 4 is 6.21 Å². The highest BCUT2D eigenvalue weighted by Gasteiger charge is 1.88.